The number of carbonyl (C=O) groups is 1. The number of carbonyl (C=O) groups excluding carboxylic acids is 1. The number of hydrogen-bond donors (Lipinski definition) is 0. The zero-order valence-electron chi connectivity index (χ0n) is 12.0. The molecule has 0 fully saturated rings. The van der Waals surface area contributed by atoms with Crippen molar-refractivity contribution in [2.75, 3.05) is 7.11 Å². The number of nitrogens with zero attached hydrogens (tertiary/aromatic N) is 3. The number of methoxy groups -OCH3 is 1. The lowest BCUT2D eigenvalue weighted by atomic mass is 10.1. The molecule has 0 unspecified atom stereocenters. The first kappa shape index (κ1) is 14.7. The van der Waals surface area contributed by atoms with E-state index in [1.165, 1.54) is 11.8 Å². The molecule has 7 nitrogen and oxygen atoms in total. The molecular weight excluding hydrogens is 274 g/mol. The SMILES string of the molecule is COc1ccccc1C(=O)Cn1nc(C)c([N+](=O)[O-])c1C. The summed E-state index contributed by atoms with van der Waals surface area (Å²) < 4.78 is 6.49. The molecule has 1 heterocycles. The summed E-state index contributed by atoms with van der Waals surface area (Å²) >= 11 is 0. The van der Waals surface area contributed by atoms with Gasteiger partial charge in [0, 0.05) is 0 Å². The molecule has 2 rings (SSSR count). The van der Waals surface area contributed by atoms with Crippen LogP contribution in [0.1, 0.15) is 21.7 Å². The van der Waals surface area contributed by atoms with Crippen LogP contribution in [-0.2, 0) is 6.54 Å². The van der Waals surface area contributed by atoms with Crippen molar-refractivity contribution in [3.8, 4) is 5.75 Å². The first-order valence-electron chi connectivity index (χ1n) is 6.30. The van der Waals surface area contributed by atoms with Crippen LogP contribution in [0.25, 0.3) is 0 Å². The van der Waals surface area contributed by atoms with Gasteiger partial charge < -0.3 is 4.74 Å². The third-order valence-electron chi connectivity index (χ3n) is 3.23. The van der Waals surface area contributed by atoms with E-state index in [0.717, 1.165) is 0 Å². The highest BCUT2D eigenvalue weighted by Gasteiger charge is 2.23. The van der Waals surface area contributed by atoms with Gasteiger partial charge in [-0.1, -0.05) is 12.1 Å². The Bertz CT molecular complexity index is 706. The van der Waals surface area contributed by atoms with Gasteiger partial charge >= 0.3 is 5.69 Å². The van der Waals surface area contributed by atoms with Crippen molar-refractivity contribution in [2.45, 2.75) is 20.4 Å². The first-order valence-corrected chi connectivity index (χ1v) is 6.30. The Labute approximate surface area is 121 Å². The molecule has 0 aliphatic rings. The summed E-state index contributed by atoms with van der Waals surface area (Å²) in [5, 5.41) is 15.0. The fraction of sp³-hybridized carbons (Fsp3) is 0.286. The molecule has 0 N–H and O–H groups in total. The number of ether oxygens (including phenoxy) is 1. The molecule has 0 atom stereocenters. The van der Waals surface area contributed by atoms with Gasteiger partial charge in [0.05, 0.1) is 17.6 Å². The lowest BCUT2D eigenvalue weighted by Crippen LogP contribution is -2.14. The van der Waals surface area contributed by atoms with E-state index < -0.39 is 4.92 Å². The summed E-state index contributed by atoms with van der Waals surface area (Å²) in [6.45, 7) is 3.06. The number of aromatic nitrogens is 2. The van der Waals surface area contributed by atoms with Crippen molar-refractivity contribution in [2.24, 2.45) is 0 Å². The maximum absolute atomic E-state index is 12.3. The summed E-state index contributed by atoms with van der Waals surface area (Å²) in [5.41, 5.74) is 1.03. The van der Waals surface area contributed by atoms with Crippen molar-refractivity contribution in [1.82, 2.24) is 9.78 Å². The fourth-order valence-corrected chi connectivity index (χ4v) is 2.20. The van der Waals surface area contributed by atoms with Crippen molar-refractivity contribution in [3.05, 3.63) is 51.3 Å². The Morgan fingerprint density at radius 1 is 1.38 bits per heavy atom. The highest BCUT2D eigenvalue weighted by molar-refractivity contribution is 5.98. The van der Waals surface area contributed by atoms with Crippen LogP contribution >= 0.6 is 0 Å². The Hall–Kier alpha value is -2.70. The molecule has 1 aromatic heterocycles. The normalized spacial score (nSPS) is 10.4. The molecule has 110 valence electrons. The second-order valence-electron chi connectivity index (χ2n) is 4.56. The van der Waals surface area contributed by atoms with Crippen LogP contribution in [-0.4, -0.2) is 27.6 Å². The largest absolute Gasteiger partial charge is 0.496 e. The number of Topliss-reactive ketones (excluding diaryl/α,β-unsaturated/α-hetero) is 1. The number of rotatable bonds is 5. The highest BCUT2D eigenvalue weighted by atomic mass is 16.6. The van der Waals surface area contributed by atoms with Crippen molar-refractivity contribution < 1.29 is 14.5 Å². The standard InChI is InChI=1S/C14H15N3O4/c1-9-14(17(19)20)10(2)16(15-9)8-12(18)11-6-4-5-7-13(11)21-3/h4-7H,8H2,1-3H3. The third-order valence-corrected chi connectivity index (χ3v) is 3.23. The van der Waals surface area contributed by atoms with Crippen LogP contribution in [0.15, 0.2) is 24.3 Å². The van der Waals surface area contributed by atoms with Gasteiger partial charge in [0.1, 0.15) is 23.7 Å². The van der Waals surface area contributed by atoms with Crippen LogP contribution in [0.2, 0.25) is 0 Å². The fourth-order valence-electron chi connectivity index (χ4n) is 2.20. The number of ketones is 1. The second kappa shape index (κ2) is 5.74. The zero-order valence-corrected chi connectivity index (χ0v) is 12.0. The van der Waals surface area contributed by atoms with E-state index in [4.69, 9.17) is 4.74 Å². The average Bonchev–Trinajstić information content (AvgIpc) is 2.73. The van der Waals surface area contributed by atoms with Crippen LogP contribution in [0.3, 0.4) is 0 Å². The smallest absolute Gasteiger partial charge is 0.312 e. The number of para-hydroxylation sites is 1. The molecule has 0 amide bonds. The van der Waals surface area contributed by atoms with E-state index in [1.807, 2.05) is 0 Å². The number of hydrogen-bond acceptors (Lipinski definition) is 5. The number of benzene rings is 1. The summed E-state index contributed by atoms with van der Waals surface area (Å²) in [6, 6.07) is 6.85. The first-order chi connectivity index (χ1) is 9.95. The Morgan fingerprint density at radius 2 is 2.05 bits per heavy atom. The molecule has 1 aromatic carbocycles. The second-order valence-corrected chi connectivity index (χ2v) is 4.56. The number of aryl methyl sites for hydroxylation is 1. The van der Waals surface area contributed by atoms with Gasteiger partial charge in [0.25, 0.3) is 0 Å². The monoisotopic (exact) mass is 289 g/mol. The Balaban J connectivity index is 2.32. The van der Waals surface area contributed by atoms with E-state index in [9.17, 15) is 14.9 Å². The van der Waals surface area contributed by atoms with Crippen molar-refractivity contribution >= 4 is 11.5 Å². The lowest BCUT2D eigenvalue weighted by Gasteiger charge is -2.07. The molecule has 0 saturated carbocycles. The zero-order chi connectivity index (χ0) is 15.6. The maximum atomic E-state index is 12.3. The molecule has 21 heavy (non-hydrogen) atoms. The number of nitro groups is 1. The Kier molecular flexibility index (Phi) is 4.02. The molecule has 7 heteroatoms. The van der Waals surface area contributed by atoms with E-state index in [0.29, 0.717) is 22.7 Å². The molecule has 0 radical (unpaired) electrons. The quantitative estimate of drug-likeness (QED) is 0.479. The van der Waals surface area contributed by atoms with E-state index in [-0.39, 0.29) is 18.0 Å². The predicted octanol–water partition coefficient (Wildman–Crippen LogP) is 2.30. The highest BCUT2D eigenvalue weighted by Crippen LogP contribution is 2.23. The van der Waals surface area contributed by atoms with Crippen LogP contribution in [0.4, 0.5) is 5.69 Å². The predicted molar refractivity (Wildman–Crippen MR) is 75.7 cm³/mol. The maximum Gasteiger partial charge on any atom is 0.312 e. The minimum atomic E-state index is -0.484. The summed E-state index contributed by atoms with van der Waals surface area (Å²) in [7, 11) is 1.49. The molecular formula is C14H15N3O4. The van der Waals surface area contributed by atoms with E-state index >= 15 is 0 Å². The molecule has 0 aliphatic heterocycles. The minimum Gasteiger partial charge on any atom is -0.496 e. The van der Waals surface area contributed by atoms with Gasteiger partial charge in [0.2, 0.25) is 0 Å². The summed E-state index contributed by atoms with van der Waals surface area (Å²) in [6.07, 6.45) is 0. The molecule has 0 spiro atoms. The summed E-state index contributed by atoms with van der Waals surface area (Å²) in [4.78, 5) is 22.8. The van der Waals surface area contributed by atoms with Crippen molar-refractivity contribution in [1.29, 1.82) is 0 Å². The molecule has 0 saturated heterocycles. The van der Waals surface area contributed by atoms with Crippen molar-refractivity contribution in [3.63, 3.8) is 0 Å². The molecule has 0 bridgehead atoms. The molecule has 0 aliphatic carbocycles. The van der Waals surface area contributed by atoms with Gasteiger partial charge in [-0.15, -0.1) is 0 Å². The topological polar surface area (TPSA) is 87.3 Å². The van der Waals surface area contributed by atoms with Gasteiger partial charge in [-0.05, 0) is 26.0 Å². The lowest BCUT2D eigenvalue weighted by molar-refractivity contribution is -0.386. The molecule has 2 aromatic rings. The van der Waals surface area contributed by atoms with E-state index in [2.05, 4.69) is 5.10 Å². The minimum absolute atomic E-state index is 0.0529. The summed E-state index contributed by atoms with van der Waals surface area (Å²) in [5.74, 6) is 0.256. The van der Waals surface area contributed by atoms with E-state index in [1.54, 1.807) is 38.1 Å². The van der Waals surface area contributed by atoms with Gasteiger partial charge in [-0.3, -0.25) is 19.6 Å². The van der Waals surface area contributed by atoms with Crippen LogP contribution in [0, 0.1) is 24.0 Å². The average molecular weight is 289 g/mol. The van der Waals surface area contributed by atoms with Crippen LogP contribution in [0.5, 0.6) is 5.75 Å². The van der Waals surface area contributed by atoms with Gasteiger partial charge in [-0.25, -0.2) is 0 Å². The van der Waals surface area contributed by atoms with Gasteiger partial charge in [-0.2, -0.15) is 5.10 Å². The van der Waals surface area contributed by atoms with Gasteiger partial charge in [0.15, 0.2) is 5.78 Å². The Morgan fingerprint density at radius 3 is 2.62 bits per heavy atom. The van der Waals surface area contributed by atoms with Crippen LogP contribution < -0.4 is 4.74 Å². The third kappa shape index (κ3) is 2.76.